The average molecular weight is 274 g/mol. The molecule has 1 heterocycles. The van der Waals surface area contributed by atoms with Gasteiger partial charge in [0.1, 0.15) is 19.6 Å². The van der Waals surface area contributed by atoms with Gasteiger partial charge in [0.15, 0.2) is 0 Å². The lowest BCUT2D eigenvalue weighted by atomic mass is 9.89. The summed E-state index contributed by atoms with van der Waals surface area (Å²) in [5, 5.41) is 2.81. The highest BCUT2D eigenvalue weighted by molar-refractivity contribution is 6.33. The lowest BCUT2D eigenvalue weighted by Gasteiger charge is -2.36. The zero-order valence-corrected chi connectivity index (χ0v) is 12.1. The molecule has 0 aromatic carbocycles. The Hall–Kier alpha value is -1.72. The van der Waals surface area contributed by atoms with Crippen molar-refractivity contribution in [1.29, 1.82) is 0 Å². The molecule has 0 saturated heterocycles. The van der Waals surface area contributed by atoms with E-state index in [1.54, 1.807) is 18.3 Å². The number of hydrogen-bond donors (Lipinski definition) is 1. The third kappa shape index (κ3) is 4.15. The van der Waals surface area contributed by atoms with Crippen molar-refractivity contribution in [2.75, 3.05) is 0 Å². The van der Waals surface area contributed by atoms with Crippen LogP contribution in [0.2, 0.25) is 0 Å². The molecule has 0 aliphatic heterocycles. The minimum absolute atomic E-state index is 0.0344. The van der Waals surface area contributed by atoms with E-state index < -0.39 is 11.7 Å². The smallest absolute Gasteiger partial charge is 0.407 e. The first-order valence-electron chi connectivity index (χ1n) is 6.70. The minimum Gasteiger partial charge on any atom is -0.475 e. The molecule has 6 heteroatoms. The molecule has 106 valence electrons. The van der Waals surface area contributed by atoms with Crippen molar-refractivity contribution in [3.63, 3.8) is 0 Å². The number of ether oxygens (including phenoxy) is 2. The van der Waals surface area contributed by atoms with Gasteiger partial charge >= 0.3 is 6.09 Å². The normalized spacial score (nSPS) is 21.8. The van der Waals surface area contributed by atoms with E-state index in [9.17, 15) is 4.79 Å². The topological polar surface area (TPSA) is 60.5 Å². The summed E-state index contributed by atoms with van der Waals surface area (Å²) in [6.07, 6.45) is 2.75. The summed E-state index contributed by atoms with van der Waals surface area (Å²) in [6.45, 7) is 5.51. The number of alkyl carbamates (subject to hydrolysis) is 1. The Morgan fingerprint density at radius 3 is 2.75 bits per heavy atom. The molecule has 0 bridgehead atoms. The summed E-state index contributed by atoms with van der Waals surface area (Å²) < 4.78 is 10.9. The van der Waals surface area contributed by atoms with Crippen LogP contribution >= 0.6 is 0 Å². The summed E-state index contributed by atoms with van der Waals surface area (Å²) in [4.78, 5) is 15.6. The van der Waals surface area contributed by atoms with E-state index in [1.807, 2.05) is 20.8 Å². The van der Waals surface area contributed by atoms with Crippen LogP contribution in [0.25, 0.3) is 0 Å². The highest BCUT2D eigenvalue weighted by Crippen LogP contribution is 2.24. The van der Waals surface area contributed by atoms with E-state index >= 15 is 0 Å². The molecule has 2 rings (SSSR count). The molecule has 1 fully saturated rings. The molecule has 1 saturated carbocycles. The van der Waals surface area contributed by atoms with Gasteiger partial charge in [0.2, 0.25) is 5.88 Å². The van der Waals surface area contributed by atoms with Gasteiger partial charge in [0.05, 0.1) is 0 Å². The van der Waals surface area contributed by atoms with Crippen molar-refractivity contribution in [3.05, 3.63) is 18.3 Å². The van der Waals surface area contributed by atoms with Crippen LogP contribution < -0.4 is 15.5 Å². The fourth-order valence-corrected chi connectivity index (χ4v) is 1.91. The number of nitrogens with zero attached hydrogens (tertiary/aromatic N) is 1. The number of pyridine rings is 1. The van der Waals surface area contributed by atoms with Gasteiger partial charge in [-0.2, -0.15) is 0 Å². The van der Waals surface area contributed by atoms with Crippen LogP contribution in [0.4, 0.5) is 4.79 Å². The largest absolute Gasteiger partial charge is 0.475 e. The molecule has 1 aliphatic carbocycles. The van der Waals surface area contributed by atoms with Crippen LogP contribution in [0.3, 0.4) is 0 Å². The van der Waals surface area contributed by atoms with Crippen molar-refractivity contribution in [2.45, 2.75) is 51.4 Å². The van der Waals surface area contributed by atoms with Crippen molar-refractivity contribution >= 4 is 19.4 Å². The molecule has 0 unspecified atom stereocenters. The highest BCUT2D eigenvalue weighted by atomic mass is 16.6. The van der Waals surface area contributed by atoms with E-state index in [4.69, 9.17) is 17.3 Å². The summed E-state index contributed by atoms with van der Waals surface area (Å²) in [5.41, 5.74) is 0.0441. The Bertz CT molecular complexity index is 482. The second-order valence-electron chi connectivity index (χ2n) is 5.95. The average Bonchev–Trinajstić information content (AvgIpc) is 2.26. The standard InChI is InChI=1S/C14H19BN2O3/c1-14(2,3)20-13(18)17-9-7-10(8-9)19-12-11(15)5-4-6-16-12/h4-6,9-10H,7-8H2,1-3H3,(H,17,18). The molecule has 1 aromatic heterocycles. The van der Waals surface area contributed by atoms with Gasteiger partial charge in [-0.15, -0.1) is 0 Å². The third-order valence-corrected chi connectivity index (χ3v) is 2.89. The van der Waals surface area contributed by atoms with Crippen LogP contribution in [0, 0.1) is 0 Å². The first-order valence-corrected chi connectivity index (χ1v) is 6.70. The second kappa shape index (κ2) is 5.73. The van der Waals surface area contributed by atoms with Gasteiger partial charge in [-0.1, -0.05) is 6.07 Å². The number of carbonyl (C=O) groups is 1. The molecule has 20 heavy (non-hydrogen) atoms. The van der Waals surface area contributed by atoms with E-state index in [1.165, 1.54) is 0 Å². The first-order chi connectivity index (χ1) is 9.33. The Balaban J connectivity index is 1.73. The Morgan fingerprint density at radius 2 is 2.15 bits per heavy atom. The molecular weight excluding hydrogens is 255 g/mol. The Labute approximate surface area is 120 Å². The van der Waals surface area contributed by atoms with Crippen molar-refractivity contribution in [3.8, 4) is 5.88 Å². The fourth-order valence-electron chi connectivity index (χ4n) is 1.91. The second-order valence-corrected chi connectivity index (χ2v) is 5.95. The zero-order valence-electron chi connectivity index (χ0n) is 12.1. The van der Waals surface area contributed by atoms with Gasteiger partial charge in [0.25, 0.3) is 0 Å². The van der Waals surface area contributed by atoms with Gasteiger partial charge in [-0.05, 0) is 32.3 Å². The van der Waals surface area contributed by atoms with Crippen LogP contribution in [0.5, 0.6) is 5.88 Å². The number of rotatable bonds is 3. The minimum atomic E-state index is -0.480. The first kappa shape index (κ1) is 14.7. The lowest BCUT2D eigenvalue weighted by Crippen LogP contribution is -2.50. The summed E-state index contributed by atoms with van der Waals surface area (Å²) >= 11 is 0. The van der Waals surface area contributed by atoms with Crippen LogP contribution in [-0.4, -0.2) is 36.7 Å². The summed E-state index contributed by atoms with van der Waals surface area (Å²) in [6, 6.07) is 3.59. The number of nitrogens with one attached hydrogen (secondary N) is 1. The maximum atomic E-state index is 11.6. The van der Waals surface area contributed by atoms with Gasteiger partial charge in [0, 0.05) is 25.1 Å². The molecule has 0 spiro atoms. The number of amides is 1. The maximum absolute atomic E-state index is 11.6. The Kier molecular flexibility index (Phi) is 4.21. The SMILES string of the molecule is [B]c1cccnc1OC1CC(NC(=O)OC(C)(C)C)C1. The number of carbonyl (C=O) groups excluding carboxylic acids is 1. The molecule has 1 aliphatic rings. The molecule has 0 atom stereocenters. The van der Waals surface area contributed by atoms with Gasteiger partial charge in [-0.25, -0.2) is 9.78 Å². The van der Waals surface area contributed by atoms with Gasteiger partial charge in [-0.3, -0.25) is 0 Å². The van der Waals surface area contributed by atoms with E-state index in [2.05, 4.69) is 10.3 Å². The number of hydrogen-bond acceptors (Lipinski definition) is 4. The molecule has 1 amide bonds. The van der Waals surface area contributed by atoms with Crippen molar-refractivity contribution in [1.82, 2.24) is 10.3 Å². The summed E-state index contributed by atoms with van der Waals surface area (Å²) in [5.74, 6) is 0.452. The summed E-state index contributed by atoms with van der Waals surface area (Å²) in [7, 11) is 5.76. The predicted molar refractivity (Wildman–Crippen MR) is 76.4 cm³/mol. The van der Waals surface area contributed by atoms with E-state index in [0.717, 1.165) is 12.8 Å². The van der Waals surface area contributed by atoms with Crippen LogP contribution in [0.15, 0.2) is 18.3 Å². The monoisotopic (exact) mass is 274 g/mol. The molecule has 1 N–H and O–H groups in total. The predicted octanol–water partition coefficient (Wildman–Crippen LogP) is 1.31. The van der Waals surface area contributed by atoms with Crippen LogP contribution in [0.1, 0.15) is 33.6 Å². The third-order valence-electron chi connectivity index (χ3n) is 2.89. The van der Waals surface area contributed by atoms with Crippen molar-refractivity contribution < 1.29 is 14.3 Å². The van der Waals surface area contributed by atoms with E-state index in [-0.39, 0.29) is 12.1 Å². The lowest BCUT2D eigenvalue weighted by molar-refractivity contribution is 0.0357. The van der Waals surface area contributed by atoms with Gasteiger partial charge < -0.3 is 14.8 Å². The Morgan fingerprint density at radius 1 is 1.45 bits per heavy atom. The molecule has 5 nitrogen and oxygen atoms in total. The molecular formula is C14H19BN2O3. The van der Waals surface area contributed by atoms with E-state index in [0.29, 0.717) is 11.3 Å². The molecule has 1 aromatic rings. The van der Waals surface area contributed by atoms with Crippen LogP contribution in [-0.2, 0) is 4.74 Å². The maximum Gasteiger partial charge on any atom is 0.407 e. The highest BCUT2D eigenvalue weighted by Gasteiger charge is 2.33. The number of aromatic nitrogens is 1. The molecule has 2 radical (unpaired) electrons. The fraction of sp³-hybridized carbons (Fsp3) is 0.571. The zero-order chi connectivity index (χ0) is 14.8. The quantitative estimate of drug-likeness (QED) is 0.844. The van der Waals surface area contributed by atoms with Crippen molar-refractivity contribution in [2.24, 2.45) is 0 Å².